The Morgan fingerprint density at radius 3 is 2.54 bits per heavy atom. The zero-order valence-electron chi connectivity index (χ0n) is 15.5. The summed E-state index contributed by atoms with van der Waals surface area (Å²) in [7, 11) is 0. The fraction of sp³-hybridized carbons (Fsp3) is 0.333. The molecule has 0 amide bonds. The Labute approximate surface area is 158 Å². The number of ketones is 1. The Morgan fingerprint density at radius 1 is 1.12 bits per heavy atom. The van der Waals surface area contributed by atoms with Gasteiger partial charge in [0.15, 0.2) is 11.0 Å². The second-order valence-corrected chi connectivity index (χ2v) is 8.52. The minimum Gasteiger partial charge on any atom is -0.361 e. The van der Waals surface area contributed by atoms with Gasteiger partial charge in [-0.1, -0.05) is 42.1 Å². The molecule has 0 radical (unpaired) electrons. The molecule has 0 bridgehead atoms. The molecule has 4 nitrogen and oxygen atoms in total. The highest BCUT2D eigenvalue weighted by Crippen LogP contribution is 2.48. The minimum atomic E-state index is -0.236. The summed E-state index contributed by atoms with van der Waals surface area (Å²) in [5, 5.41) is 4.64. The molecule has 5 heteroatoms. The molecule has 2 heterocycles. The van der Waals surface area contributed by atoms with Crippen LogP contribution in [0.15, 0.2) is 53.5 Å². The quantitative estimate of drug-likeness (QED) is 0.779. The zero-order chi connectivity index (χ0) is 18.5. The molecule has 26 heavy (non-hydrogen) atoms. The average Bonchev–Trinajstić information content (AvgIpc) is 2.90. The molecule has 4 rings (SSSR count). The number of amidine groups is 1. The van der Waals surface area contributed by atoms with Gasteiger partial charge in [-0.25, -0.2) is 0 Å². The molecule has 1 atom stereocenters. The number of anilines is 2. The Bertz CT molecular complexity index is 907. The molecule has 0 fully saturated rings. The molecule has 0 saturated heterocycles. The van der Waals surface area contributed by atoms with E-state index in [9.17, 15) is 4.79 Å². The lowest BCUT2D eigenvalue weighted by Crippen LogP contribution is -2.57. The average molecular weight is 366 g/mol. The van der Waals surface area contributed by atoms with Crippen molar-refractivity contribution in [2.75, 3.05) is 16.5 Å². The van der Waals surface area contributed by atoms with Crippen LogP contribution in [0.5, 0.6) is 0 Å². The summed E-state index contributed by atoms with van der Waals surface area (Å²) in [5.41, 5.74) is 3.13. The summed E-state index contributed by atoms with van der Waals surface area (Å²) in [6.07, 6.45) is 2.94. The molecule has 0 aromatic heterocycles. The number of hydrogen-bond acceptors (Lipinski definition) is 5. The Morgan fingerprint density at radius 2 is 1.85 bits per heavy atom. The van der Waals surface area contributed by atoms with E-state index < -0.39 is 0 Å². The molecular weight excluding hydrogens is 342 g/mol. The first kappa shape index (κ1) is 17.2. The summed E-state index contributed by atoms with van der Waals surface area (Å²) >= 11 is 1.65. The molecule has 1 unspecified atom stereocenters. The fourth-order valence-electron chi connectivity index (χ4n) is 4.10. The van der Waals surface area contributed by atoms with Crippen molar-refractivity contribution in [3.05, 3.63) is 59.7 Å². The molecular formula is C21H23N3OS. The molecule has 2 aromatic rings. The fourth-order valence-corrected chi connectivity index (χ4v) is 4.92. The van der Waals surface area contributed by atoms with Gasteiger partial charge in [-0.3, -0.25) is 14.7 Å². The highest BCUT2D eigenvalue weighted by molar-refractivity contribution is 8.13. The third-order valence-electron chi connectivity index (χ3n) is 4.98. The highest BCUT2D eigenvalue weighted by atomic mass is 32.2. The molecule has 0 aliphatic carbocycles. The van der Waals surface area contributed by atoms with E-state index >= 15 is 0 Å². The van der Waals surface area contributed by atoms with E-state index in [-0.39, 0.29) is 17.0 Å². The Balaban J connectivity index is 1.79. The molecule has 0 spiro atoms. The first-order valence-corrected chi connectivity index (χ1v) is 10.0. The van der Waals surface area contributed by atoms with Gasteiger partial charge in [-0.2, -0.15) is 0 Å². The Kier molecular flexibility index (Phi) is 3.88. The van der Waals surface area contributed by atoms with E-state index in [4.69, 9.17) is 4.99 Å². The van der Waals surface area contributed by atoms with Crippen LogP contribution in [0, 0.1) is 0 Å². The van der Waals surface area contributed by atoms with Gasteiger partial charge in [0.05, 0.1) is 16.9 Å². The van der Waals surface area contributed by atoms with Gasteiger partial charge < -0.3 is 5.32 Å². The monoisotopic (exact) mass is 365 g/mol. The van der Waals surface area contributed by atoms with Crippen molar-refractivity contribution in [3.63, 3.8) is 0 Å². The number of benzene rings is 2. The molecule has 2 aromatic carbocycles. The Hall–Kier alpha value is -2.27. The SMILES string of the molecule is CSC1=NC(C)(C)CC2(C)Nc3ccc(C(=O)c4ccccc4)cc3N12. The van der Waals surface area contributed by atoms with Gasteiger partial charge in [-0.05, 0) is 45.2 Å². The topological polar surface area (TPSA) is 44.7 Å². The van der Waals surface area contributed by atoms with Crippen LogP contribution in [0.1, 0.15) is 43.1 Å². The first-order valence-electron chi connectivity index (χ1n) is 8.79. The normalized spacial score (nSPS) is 22.9. The van der Waals surface area contributed by atoms with Crippen molar-refractivity contribution in [2.24, 2.45) is 4.99 Å². The van der Waals surface area contributed by atoms with Crippen molar-refractivity contribution >= 4 is 34.1 Å². The largest absolute Gasteiger partial charge is 0.361 e. The smallest absolute Gasteiger partial charge is 0.193 e. The van der Waals surface area contributed by atoms with E-state index in [0.717, 1.165) is 23.0 Å². The third-order valence-corrected chi connectivity index (χ3v) is 5.62. The van der Waals surface area contributed by atoms with E-state index in [0.29, 0.717) is 11.1 Å². The number of rotatable bonds is 2. The van der Waals surface area contributed by atoms with Gasteiger partial charge in [0, 0.05) is 17.5 Å². The maximum Gasteiger partial charge on any atom is 0.193 e. The number of hydrogen-bond donors (Lipinski definition) is 1. The number of aliphatic imine (C=N–C) groups is 1. The maximum atomic E-state index is 12.9. The number of carbonyl (C=O) groups excluding carboxylic acids is 1. The van der Waals surface area contributed by atoms with Crippen molar-refractivity contribution in [2.45, 2.75) is 38.4 Å². The van der Waals surface area contributed by atoms with Crippen LogP contribution in [-0.2, 0) is 0 Å². The molecule has 134 valence electrons. The maximum absolute atomic E-state index is 12.9. The van der Waals surface area contributed by atoms with Crippen LogP contribution in [0.4, 0.5) is 11.4 Å². The number of thioether (sulfide) groups is 1. The van der Waals surface area contributed by atoms with Crippen LogP contribution < -0.4 is 10.2 Å². The molecule has 1 N–H and O–H groups in total. The lowest BCUT2D eigenvalue weighted by atomic mass is 9.90. The van der Waals surface area contributed by atoms with Crippen LogP contribution in [-0.4, -0.2) is 28.4 Å². The lowest BCUT2D eigenvalue weighted by Gasteiger charge is -2.45. The van der Waals surface area contributed by atoms with Gasteiger partial charge in [0.25, 0.3) is 0 Å². The molecule has 0 saturated carbocycles. The highest BCUT2D eigenvalue weighted by Gasteiger charge is 2.48. The standard InChI is InChI=1S/C21H23N3OS/c1-20(2)13-21(3)22-16-11-10-15(18(25)14-8-6-5-7-9-14)12-17(16)24(21)19(23-20)26-4/h5-12,22H,13H2,1-4H3. The van der Waals surface area contributed by atoms with Gasteiger partial charge >= 0.3 is 0 Å². The first-order chi connectivity index (χ1) is 12.3. The van der Waals surface area contributed by atoms with E-state index in [2.05, 4.69) is 37.2 Å². The van der Waals surface area contributed by atoms with Gasteiger partial charge in [-0.15, -0.1) is 0 Å². The summed E-state index contributed by atoms with van der Waals surface area (Å²) in [5.74, 6) is 0.0435. The van der Waals surface area contributed by atoms with Crippen LogP contribution in [0.3, 0.4) is 0 Å². The van der Waals surface area contributed by atoms with E-state index in [1.54, 1.807) is 11.8 Å². The second kappa shape index (κ2) is 5.88. The van der Waals surface area contributed by atoms with Crippen LogP contribution >= 0.6 is 11.8 Å². The van der Waals surface area contributed by atoms with Crippen molar-refractivity contribution < 1.29 is 4.79 Å². The summed E-state index contributed by atoms with van der Waals surface area (Å²) in [6.45, 7) is 6.54. The third kappa shape index (κ3) is 2.71. The van der Waals surface area contributed by atoms with E-state index in [1.165, 1.54) is 0 Å². The van der Waals surface area contributed by atoms with Crippen LogP contribution in [0.2, 0.25) is 0 Å². The summed E-state index contributed by atoms with van der Waals surface area (Å²) < 4.78 is 0. The molecule has 2 aliphatic rings. The number of carbonyl (C=O) groups is 1. The number of fused-ring (bicyclic) bond motifs is 3. The number of nitrogens with zero attached hydrogens (tertiary/aromatic N) is 2. The summed E-state index contributed by atoms with van der Waals surface area (Å²) in [6, 6.07) is 15.3. The molecule has 2 aliphatic heterocycles. The minimum absolute atomic E-state index is 0.0435. The van der Waals surface area contributed by atoms with Gasteiger partial charge in [0.1, 0.15) is 5.66 Å². The van der Waals surface area contributed by atoms with Gasteiger partial charge in [0.2, 0.25) is 0 Å². The predicted octanol–water partition coefficient (Wildman–Crippen LogP) is 4.77. The van der Waals surface area contributed by atoms with Crippen molar-refractivity contribution in [1.29, 1.82) is 0 Å². The predicted molar refractivity (Wildman–Crippen MR) is 110 cm³/mol. The van der Waals surface area contributed by atoms with Crippen molar-refractivity contribution in [3.8, 4) is 0 Å². The lowest BCUT2D eigenvalue weighted by molar-refractivity contribution is 0.103. The summed E-state index contributed by atoms with van der Waals surface area (Å²) in [4.78, 5) is 20.0. The van der Waals surface area contributed by atoms with E-state index in [1.807, 2.05) is 48.5 Å². The zero-order valence-corrected chi connectivity index (χ0v) is 16.4. The second-order valence-electron chi connectivity index (χ2n) is 7.75. The number of nitrogens with one attached hydrogen (secondary N) is 1. The van der Waals surface area contributed by atoms with Crippen LogP contribution in [0.25, 0.3) is 0 Å². The van der Waals surface area contributed by atoms with Crippen molar-refractivity contribution in [1.82, 2.24) is 0 Å².